The molecule has 88 valence electrons. The van der Waals surface area contributed by atoms with Crippen molar-refractivity contribution in [2.45, 2.75) is 13.3 Å². The van der Waals surface area contributed by atoms with E-state index >= 15 is 0 Å². The summed E-state index contributed by atoms with van der Waals surface area (Å²) in [4.78, 5) is 0. The number of rotatable bonds is 3. The van der Waals surface area contributed by atoms with Crippen molar-refractivity contribution in [3.05, 3.63) is 48.0 Å². The fraction of sp³-hybridized carbons (Fsp3) is 0.200. The summed E-state index contributed by atoms with van der Waals surface area (Å²) >= 11 is 0. The lowest BCUT2D eigenvalue weighted by atomic mass is 10.0. The van der Waals surface area contributed by atoms with Gasteiger partial charge in [0.1, 0.15) is 5.75 Å². The van der Waals surface area contributed by atoms with Crippen LogP contribution in [0.3, 0.4) is 0 Å². The number of anilines is 1. The number of hydrogen-bond donors (Lipinski definition) is 1. The molecule has 2 N–H and O–H groups in total. The van der Waals surface area contributed by atoms with Crippen LogP contribution in [0.4, 0.5) is 5.69 Å². The van der Waals surface area contributed by atoms with Gasteiger partial charge in [-0.15, -0.1) is 0 Å². The van der Waals surface area contributed by atoms with Gasteiger partial charge in [-0.3, -0.25) is 0 Å². The maximum atomic E-state index is 6.00. The van der Waals surface area contributed by atoms with E-state index in [0.29, 0.717) is 0 Å². The Labute approximate surface area is 102 Å². The Morgan fingerprint density at radius 2 is 1.65 bits per heavy atom. The van der Waals surface area contributed by atoms with Crippen LogP contribution in [-0.2, 0) is 6.42 Å². The van der Waals surface area contributed by atoms with Gasteiger partial charge < -0.3 is 10.5 Å². The van der Waals surface area contributed by atoms with Crippen LogP contribution in [0.1, 0.15) is 12.5 Å². The first-order chi connectivity index (χ1) is 8.24. The smallest absolute Gasteiger partial charge is 0.118 e. The Bertz CT molecular complexity index is 503. The zero-order valence-electron chi connectivity index (χ0n) is 10.2. The van der Waals surface area contributed by atoms with Gasteiger partial charge in [0.15, 0.2) is 0 Å². The van der Waals surface area contributed by atoms with Crippen molar-refractivity contribution in [1.29, 1.82) is 0 Å². The largest absolute Gasteiger partial charge is 0.497 e. The second-order valence-corrected chi connectivity index (χ2v) is 4.00. The van der Waals surface area contributed by atoms with Crippen LogP contribution < -0.4 is 10.5 Å². The molecule has 2 aromatic carbocycles. The van der Waals surface area contributed by atoms with Crippen molar-refractivity contribution in [2.24, 2.45) is 0 Å². The molecule has 0 amide bonds. The van der Waals surface area contributed by atoms with E-state index in [-0.39, 0.29) is 0 Å². The van der Waals surface area contributed by atoms with Gasteiger partial charge in [-0.25, -0.2) is 0 Å². The molecule has 0 unspecified atom stereocenters. The quantitative estimate of drug-likeness (QED) is 0.814. The average molecular weight is 227 g/mol. The van der Waals surface area contributed by atoms with Crippen molar-refractivity contribution in [3.8, 4) is 16.9 Å². The number of aryl methyl sites for hydroxylation is 1. The topological polar surface area (TPSA) is 35.2 Å². The highest BCUT2D eigenvalue weighted by atomic mass is 16.5. The molecule has 2 heteroatoms. The standard InChI is InChI=1S/C15H17NO/c1-3-11-4-5-13(10-15(11)16)12-6-8-14(17-2)9-7-12/h4-10H,3,16H2,1-2H3. The van der Waals surface area contributed by atoms with Crippen LogP contribution in [0.25, 0.3) is 11.1 Å². The normalized spacial score (nSPS) is 10.2. The number of nitrogens with two attached hydrogens (primary N) is 1. The van der Waals surface area contributed by atoms with Crippen LogP contribution in [0.15, 0.2) is 42.5 Å². The number of nitrogen functional groups attached to an aromatic ring is 1. The SMILES string of the molecule is CCc1ccc(-c2ccc(OC)cc2)cc1N. The average Bonchev–Trinajstić information content (AvgIpc) is 2.39. The van der Waals surface area contributed by atoms with Gasteiger partial charge in [0.25, 0.3) is 0 Å². The van der Waals surface area contributed by atoms with E-state index in [1.807, 2.05) is 30.3 Å². The summed E-state index contributed by atoms with van der Waals surface area (Å²) in [5.74, 6) is 0.868. The second-order valence-electron chi connectivity index (χ2n) is 4.00. The molecule has 17 heavy (non-hydrogen) atoms. The van der Waals surface area contributed by atoms with Crippen LogP contribution in [0, 0.1) is 0 Å². The summed E-state index contributed by atoms with van der Waals surface area (Å²) in [5, 5.41) is 0. The number of methoxy groups -OCH3 is 1. The van der Waals surface area contributed by atoms with Crippen LogP contribution in [0.2, 0.25) is 0 Å². The lowest BCUT2D eigenvalue weighted by molar-refractivity contribution is 0.415. The van der Waals surface area contributed by atoms with Crippen molar-refractivity contribution in [1.82, 2.24) is 0 Å². The third-order valence-corrected chi connectivity index (χ3v) is 2.95. The molecule has 2 aromatic rings. The highest BCUT2D eigenvalue weighted by Crippen LogP contribution is 2.25. The third kappa shape index (κ3) is 2.41. The van der Waals surface area contributed by atoms with Crippen LogP contribution in [-0.4, -0.2) is 7.11 Å². The summed E-state index contributed by atoms with van der Waals surface area (Å²) in [5.41, 5.74) is 10.4. The van der Waals surface area contributed by atoms with Gasteiger partial charge in [-0.05, 0) is 41.3 Å². The molecule has 2 rings (SSSR count). The predicted octanol–water partition coefficient (Wildman–Crippen LogP) is 3.51. The van der Waals surface area contributed by atoms with Crippen molar-refractivity contribution >= 4 is 5.69 Å². The maximum absolute atomic E-state index is 6.00. The fourth-order valence-corrected chi connectivity index (χ4v) is 1.88. The molecule has 2 nitrogen and oxygen atoms in total. The molecule has 0 saturated carbocycles. The molecular formula is C15H17NO. The predicted molar refractivity (Wildman–Crippen MR) is 72.2 cm³/mol. The van der Waals surface area contributed by atoms with E-state index in [0.717, 1.165) is 29.0 Å². The van der Waals surface area contributed by atoms with E-state index < -0.39 is 0 Å². The Balaban J connectivity index is 2.35. The summed E-state index contributed by atoms with van der Waals surface area (Å²) < 4.78 is 5.14. The second kappa shape index (κ2) is 4.91. The Morgan fingerprint density at radius 1 is 1.00 bits per heavy atom. The molecule has 0 bridgehead atoms. The molecule has 0 aliphatic rings. The van der Waals surface area contributed by atoms with Crippen molar-refractivity contribution in [3.63, 3.8) is 0 Å². The Kier molecular flexibility index (Phi) is 3.33. The lowest BCUT2D eigenvalue weighted by Gasteiger charge is -2.07. The van der Waals surface area contributed by atoms with Crippen molar-refractivity contribution in [2.75, 3.05) is 12.8 Å². The maximum Gasteiger partial charge on any atom is 0.118 e. The number of ether oxygens (including phenoxy) is 1. The zero-order valence-corrected chi connectivity index (χ0v) is 10.2. The van der Waals surface area contributed by atoms with Crippen LogP contribution >= 0.6 is 0 Å². The molecule has 0 heterocycles. The number of hydrogen-bond acceptors (Lipinski definition) is 2. The molecule has 0 spiro atoms. The summed E-state index contributed by atoms with van der Waals surface area (Å²) in [6.45, 7) is 2.11. The van der Waals surface area contributed by atoms with Gasteiger partial charge in [0, 0.05) is 5.69 Å². The minimum absolute atomic E-state index is 0.862. The number of benzene rings is 2. The van der Waals surface area contributed by atoms with Crippen molar-refractivity contribution < 1.29 is 4.74 Å². The highest BCUT2D eigenvalue weighted by Gasteiger charge is 2.02. The molecular weight excluding hydrogens is 210 g/mol. The van der Waals surface area contributed by atoms with E-state index in [1.165, 1.54) is 5.56 Å². The van der Waals surface area contributed by atoms with E-state index in [9.17, 15) is 0 Å². The van der Waals surface area contributed by atoms with Gasteiger partial charge in [0.05, 0.1) is 7.11 Å². The lowest BCUT2D eigenvalue weighted by Crippen LogP contribution is -1.93. The van der Waals surface area contributed by atoms with Gasteiger partial charge in [-0.1, -0.05) is 31.2 Å². The molecule has 0 atom stereocenters. The van der Waals surface area contributed by atoms with Gasteiger partial charge in [0.2, 0.25) is 0 Å². The van der Waals surface area contributed by atoms with Gasteiger partial charge >= 0.3 is 0 Å². The molecule has 0 fully saturated rings. The summed E-state index contributed by atoms with van der Waals surface area (Å²) in [6, 6.07) is 14.2. The zero-order chi connectivity index (χ0) is 12.3. The highest BCUT2D eigenvalue weighted by molar-refractivity contribution is 5.69. The monoisotopic (exact) mass is 227 g/mol. The van der Waals surface area contributed by atoms with E-state index in [1.54, 1.807) is 7.11 Å². The first-order valence-electron chi connectivity index (χ1n) is 5.77. The molecule has 0 aliphatic heterocycles. The third-order valence-electron chi connectivity index (χ3n) is 2.95. The van der Waals surface area contributed by atoms with E-state index in [4.69, 9.17) is 10.5 Å². The van der Waals surface area contributed by atoms with Crippen LogP contribution in [0.5, 0.6) is 5.75 Å². The minimum atomic E-state index is 0.862. The Morgan fingerprint density at radius 3 is 2.18 bits per heavy atom. The van der Waals surface area contributed by atoms with Gasteiger partial charge in [-0.2, -0.15) is 0 Å². The first-order valence-corrected chi connectivity index (χ1v) is 5.77. The molecule has 0 saturated heterocycles. The Hall–Kier alpha value is -1.96. The summed E-state index contributed by atoms with van der Waals surface area (Å²) in [6.07, 6.45) is 0.967. The molecule has 0 radical (unpaired) electrons. The molecule has 0 aromatic heterocycles. The fourth-order valence-electron chi connectivity index (χ4n) is 1.88. The molecule has 0 aliphatic carbocycles. The summed E-state index contributed by atoms with van der Waals surface area (Å²) in [7, 11) is 1.67. The minimum Gasteiger partial charge on any atom is -0.497 e. The first kappa shape index (κ1) is 11.5. The van der Waals surface area contributed by atoms with E-state index in [2.05, 4.69) is 19.1 Å².